The van der Waals surface area contributed by atoms with Gasteiger partial charge in [0.1, 0.15) is 5.75 Å². The van der Waals surface area contributed by atoms with E-state index in [0.717, 1.165) is 15.2 Å². The molecule has 0 atom stereocenters. The molecule has 0 aliphatic rings. The van der Waals surface area contributed by atoms with Crippen LogP contribution in [0.15, 0.2) is 40.9 Å². The molecule has 0 aromatic heterocycles. The summed E-state index contributed by atoms with van der Waals surface area (Å²) >= 11 is 8.39. The molecule has 0 saturated heterocycles. The molecule has 0 unspecified atom stereocenters. The van der Waals surface area contributed by atoms with Crippen LogP contribution in [0.4, 0.5) is 0 Å². The zero-order valence-corrected chi connectivity index (χ0v) is 18.0. The summed E-state index contributed by atoms with van der Waals surface area (Å²) in [6.07, 6.45) is -0.128. The van der Waals surface area contributed by atoms with E-state index in [-0.39, 0.29) is 31.2 Å². The van der Waals surface area contributed by atoms with E-state index in [1.165, 1.54) is 0 Å². The molecular formula is C19H20BrN3O5S. The molecule has 2 amide bonds. The molecule has 0 radical (unpaired) electrons. The minimum Gasteiger partial charge on any atom is -0.483 e. The van der Waals surface area contributed by atoms with Gasteiger partial charge in [0.05, 0.1) is 17.5 Å². The van der Waals surface area contributed by atoms with Crippen molar-refractivity contribution in [1.29, 1.82) is 0 Å². The van der Waals surface area contributed by atoms with Crippen LogP contribution in [0.1, 0.15) is 19.8 Å². The number of carbonyl (C=O) groups is 3. The minimum atomic E-state index is -0.492. The van der Waals surface area contributed by atoms with Crippen molar-refractivity contribution in [3.05, 3.63) is 40.9 Å². The van der Waals surface area contributed by atoms with Crippen LogP contribution >= 0.6 is 28.1 Å². The van der Waals surface area contributed by atoms with Gasteiger partial charge < -0.3 is 14.8 Å². The lowest BCUT2D eigenvalue weighted by Gasteiger charge is -2.12. The number of hydrogen-bond donors (Lipinski definition) is 3. The molecule has 0 spiro atoms. The lowest BCUT2D eigenvalue weighted by atomic mass is 10.1. The van der Waals surface area contributed by atoms with Crippen LogP contribution in [-0.2, 0) is 19.1 Å². The van der Waals surface area contributed by atoms with Gasteiger partial charge in [-0.3, -0.25) is 25.2 Å². The highest BCUT2D eigenvalue weighted by molar-refractivity contribution is 9.10. The van der Waals surface area contributed by atoms with Gasteiger partial charge in [0.25, 0.3) is 5.91 Å². The molecule has 0 aliphatic carbocycles. The van der Waals surface area contributed by atoms with Crippen LogP contribution in [0, 0.1) is 0 Å². The van der Waals surface area contributed by atoms with Gasteiger partial charge in [-0.05, 0) is 51.9 Å². The highest BCUT2D eigenvalue weighted by atomic mass is 79.9. The third-order valence-electron chi connectivity index (χ3n) is 3.62. The molecule has 2 aromatic rings. The average Bonchev–Trinajstić information content (AvgIpc) is 2.70. The first-order chi connectivity index (χ1) is 13.9. The minimum absolute atomic E-state index is 0.0525. The third kappa shape index (κ3) is 7.31. The number of nitrogens with one attached hydrogen (secondary N) is 3. The normalized spacial score (nSPS) is 10.1. The summed E-state index contributed by atoms with van der Waals surface area (Å²) in [5, 5.41) is 4.26. The number of benzene rings is 2. The molecule has 0 heterocycles. The maximum atomic E-state index is 11.9. The van der Waals surface area contributed by atoms with Gasteiger partial charge in [-0.25, -0.2) is 0 Å². The molecule has 154 valence electrons. The summed E-state index contributed by atoms with van der Waals surface area (Å²) in [4.78, 5) is 34.8. The molecule has 2 aromatic carbocycles. The van der Waals surface area contributed by atoms with Crippen LogP contribution in [0.3, 0.4) is 0 Å². The number of rotatable bonds is 7. The lowest BCUT2D eigenvalue weighted by molar-refractivity contribution is -0.144. The molecule has 0 bridgehead atoms. The maximum absolute atomic E-state index is 11.9. The Labute approximate surface area is 181 Å². The second kappa shape index (κ2) is 11.3. The van der Waals surface area contributed by atoms with E-state index >= 15 is 0 Å². The van der Waals surface area contributed by atoms with Crippen molar-refractivity contribution in [2.45, 2.75) is 19.8 Å². The predicted molar refractivity (Wildman–Crippen MR) is 115 cm³/mol. The van der Waals surface area contributed by atoms with Crippen LogP contribution < -0.4 is 20.9 Å². The monoisotopic (exact) mass is 481 g/mol. The highest BCUT2D eigenvalue weighted by Crippen LogP contribution is 2.32. The summed E-state index contributed by atoms with van der Waals surface area (Å²) in [6, 6.07) is 11.4. The Balaban J connectivity index is 1.73. The van der Waals surface area contributed by atoms with Gasteiger partial charge in [0, 0.05) is 6.42 Å². The van der Waals surface area contributed by atoms with Crippen molar-refractivity contribution in [3.63, 3.8) is 0 Å². The molecule has 10 heteroatoms. The topological polar surface area (TPSA) is 106 Å². The number of hydrazine groups is 1. The SMILES string of the molecule is CCOC(=O)CCC(=O)NC(=S)NNC(=O)COc1ccc2ccccc2c1Br. The maximum Gasteiger partial charge on any atom is 0.306 e. The van der Waals surface area contributed by atoms with Crippen LogP contribution in [-0.4, -0.2) is 36.1 Å². The molecule has 8 nitrogen and oxygen atoms in total. The van der Waals surface area contributed by atoms with E-state index < -0.39 is 17.8 Å². The molecule has 3 N–H and O–H groups in total. The van der Waals surface area contributed by atoms with Crippen molar-refractivity contribution >= 4 is 61.8 Å². The average molecular weight is 482 g/mol. The molecule has 2 rings (SSSR count). The summed E-state index contributed by atoms with van der Waals surface area (Å²) in [5.74, 6) is -0.908. The standard InChI is InChI=1S/C19H20BrN3O5S/c1-2-27-17(26)10-9-15(24)21-19(29)23-22-16(25)11-28-14-8-7-12-5-3-4-6-13(12)18(14)20/h3-8H,2,9-11H2,1H3,(H,22,25)(H2,21,23,24,29). The van der Waals surface area contributed by atoms with Gasteiger partial charge in [-0.15, -0.1) is 0 Å². The first-order valence-electron chi connectivity index (χ1n) is 8.75. The van der Waals surface area contributed by atoms with Gasteiger partial charge in [-0.1, -0.05) is 30.3 Å². The fourth-order valence-electron chi connectivity index (χ4n) is 2.30. The Hall–Kier alpha value is -2.72. The summed E-state index contributed by atoms with van der Waals surface area (Å²) in [5.41, 5.74) is 4.72. The van der Waals surface area contributed by atoms with Crippen molar-refractivity contribution in [1.82, 2.24) is 16.2 Å². The Morgan fingerprint density at radius 1 is 1.03 bits per heavy atom. The molecule has 0 aliphatic heterocycles. The van der Waals surface area contributed by atoms with Gasteiger partial charge in [0.15, 0.2) is 11.7 Å². The lowest BCUT2D eigenvalue weighted by Crippen LogP contribution is -2.49. The first-order valence-corrected chi connectivity index (χ1v) is 9.95. The summed E-state index contributed by atoms with van der Waals surface area (Å²) < 4.78 is 11.0. The van der Waals surface area contributed by atoms with Crippen LogP contribution in [0.2, 0.25) is 0 Å². The zero-order chi connectivity index (χ0) is 21.2. The molecule has 29 heavy (non-hydrogen) atoms. The number of carbonyl (C=O) groups excluding carboxylic acids is 3. The fraction of sp³-hybridized carbons (Fsp3) is 0.263. The first kappa shape index (κ1) is 22.6. The van der Waals surface area contributed by atoms with Gasteiger partial charge in [0.2, 0.25) is 5.91 Å². The zero-order valence-electron chi connectivity index (χ0n) is 15.6. The van der Waals surface area contributed by atoms with Crippen LogP contribution in [0.5, 0.6) is 5.75 Å². The van der Waals surface area contributed by atoms with E-state index in [4.69, 9.17) is 21.7 Å². The summed E-state index contributed by atoms with van der Waals surface area (Å²) in [7, 11) is 0. The second-order valence-electron chi connectivity index (χ2n) is 5.74. The Morgan fingerprint density at radius 3 is 2.55 bits per heavy atom. The largest absolute Gasteiger partial charge is 0.483 e. The molecule has 0 fully saturated rings. The number of fused-ring (bicyclic) bond motifs is 1. The number of halogens is 1. The smallest absolute Gasteiger partial charge is 0.306 e. The van der Waals surface area contributed by atoms with Gasteiger partial charge >= 0.3 is 5.97 Å². The second-order valence-corrected chi connectivity index (χ2v) is 6.94. The van der Waals surface area contributed by atoms with E-state index in [0.29, 0.717) is 5.75 Å². The number of esters is 1. The van der Waals surface area contributed by atoms with Crippen molar-refractivity contribution in [2.24, 2.45) is 0 Å². The number of amides is 2. The van der Waals surface area contributed by atoms with E-state index in [1.807, 2.05) is 30.3 Å². The van der Waals surface area contributed by atoms with E-state index in [1.54, 1.807) is 13.0 Å². The fourth-order valence-corrected chi connectivity index (χ4v) is 3.07. The van der Waals surface area contributed by atoms with Crippen molar-refractivity contribution in [2.75, 3.05) is 13.2 Å². The summed E-state index contributed by atoms with van der Waals surface area (Å²) in [6.45, 7) is 1.68. The van der Waals surface area contributed by atoms with Crippen LogP contribution in [0.25, 0.3) is 10.8 Å². The number of thiocarbonyl (C=S) groups is 1. The highest BCUT2D eigenvalue weighted by Gasteiger charge is 2.11. The van der Waals surface area contributed by atoms with E-state index in [2.05, 4.69) is 32.1 Å². The Bertz CT molecular complexity index is 922. The Morgan fingerprint density at radius 2 is 1.79 bits per heavy atom. The third-order valence-corrected chi connectivity index (χ3v) is 4.64. The number of ether oxygens (including phenoxy) is 2. The van der Waals surface area contributed by atoms with E-state index in [9.17, 15) is 14.4 Å². The van der Waals surface area contributed by atoms with Crippen molar-refractivity contribution in [3.8, 4) is 5.75 Å². The quantitative estimate of drug-likeness (QED) is 0.316. The predicted octanol–water partition coefficient (Wildman–Crippen LogP) is 2.35. The van der Waals surface area contributed by atoms with Crippen molar-refractivity contribution < 1.29 is 23.9 Å². The Kier molecular flexibility index (Phi) is 8.81. The molecule has 0 saturated carbocycles. The molecular weight excluding hydrogens is 462 g/mol. The van der Waals surface area contributed by atoms with Gasteiger partial charge in [-0.2, -0.15) is 0 Å². The number of hydrogen-bond acceptors (Lipinski definition) is 6.